The molecular formula is C38H49ClN4O6S. The molecule has 2 fully saturated rings. The van der Waals surface area contributed by atoms with Gasteiger partial charge in [-0.05, 0) is 70.4 Å². The molecule has 2 aliphatic heterocycles. The molecule has 5 rings (SSSR count). The lowest BCUT2D eigenvalue weighted by molar-refractivity contribution is -0.139. The zero-order valence-corrected chi connectivity index (χ0v) is 31.2. The lowest BCUT2D eigenvalue weighted by atomic mass is 10.0. The molecule has 270 valence electrons. The van der Waals surface area contributed by atoms with Crippen LogP contribution >= 0.6 is 22.9 Å². The number of benzene rings is 1. The van der Waals surface area contributed by atoms with Crippen LogP contribution in [-0.4, -0.2) is 69.9 Å². The maximum atomic E-state index is 13.0. The van der Waals surface area contributed by atoms with E-state index in [0.717, 1.165) is 88.9 Å². The van der Waals surface area contributed by atoms with Crippen molar-refractivity contribution in [2.75, 3.05) is 19.6 Å². The van der Waals surface area contributed by atoms with Crippen LogP contribution in [0.5, 0.6) is 5.75 Å². The van der Waals surface area contributed by atoms with Gasteiger partial charge in [-0.25, -0.2) is 4.79 Å². The Kier molecular flexibility index (Phi) is 12.8. The summed E-state index contributed by atoms with van der Waals surface area (Å²) in [6, 6.07) is 7.73. The van der Waals surface area contributed by atoms with Gasteiger partial charge in [-0.15, -0.1) is 11.3 Å². The summed E-state index contributed by atoms with van der Waals surface area (Å²) in [4.78, 5) is 57.9. The molecule has 4 heterocycles. The lowest BCUT2D eigenvalue weighted by Gasteiger charge is -2.33. The van der Waals surface area contributed by atoms with Crippen molar-refractivity contribution >= 4 is 57.0 Å². The van der Waals surface area contributed by atoms with Crippen LogP contribution < -0.4 is 10.1 Å². The molecule has 0 atom stereocenters. The summed E-state index contributed by atoms with van der Waals surface area (Å²) in [5.74, 6) is 0.707. The number of alkyl carbamates (subject to hydrolysis) is 1. The van der Waals surface area contributed by atoms with Crippen molar-refractivity contribution in [3.63, 3.8) is 0 Å². The zero-order chi connectivity index (χ0) is 35.8. The highest BCUT2D eigenvalue weighted by atomic mass is 35.5. The van der Waals surface area contributed by atoms with E-state index in [1.54, 1.807) is 6.20 Å². The minimum absolute atomic E-state index is 0.0362. The van der Waals surface area contributed by atoms with Gasteiger partial charge in [-0.1, -0.05) is 37.3 Å². The second-order valence-corrected chi connectivity index (χ2v) is 15.8. The molecule has 50 heavy (non-hydrogen) atoms. The van der Waals surface area contributed by atoms with Crippen LogP contribution in [0, 0.1) is 6.92 Å². The molecule has 10 nitrogen and oxygen atoms in total. The average molecular weight is 725 g/mol. The number of rotatable bonds is 14. The maximum absolute atomic E-state index is 13.0. The van der Waals surface area contributed by atoms with Crippen molar-refractivity contribution in [1.82, 2.24) is 20.1 Å². The molecule has 3 aromatic rings. The van der Waals surface area contributed by atoms with E-state index in [4.69, 9.17) is 21.1 Å². The highest BCUT2D eigenvalue weighted by molar-refractivity contribution is 7.19. The number of likely N-dealkylation sites (tertiary alicyclic amines) is 2. The number of hydrogen-bond acceptors (Lipinski definition) is 8. The first kappa shape index (κ1) is 37.6. The van der Waals surface area contributed by atoms with Gasteiger partial charge in [0.1, 0.15) is 17.5 Å². The average Bonchev–Trinajstić information content (AvgIpc) is 3.62. The molecule has 12 heteroatoms. The predicted octanol–water partition coefficient (Wildman–Crippen LogP) is 8.20. The number of nitrogens with one attached hydrogen (secondary N) is 1. The molecule has 1 aromatic carbocycles. The minimum Gasteiger partial charge on any atom is -0.489 e. The number of thiophene rings is 1. The standard InChI is InChI=1S/C38H49ClN4O6S/c1-25-21-26(39)22-30(29-14-18-40-31-23-28(50-36(29)31)24-43-33(45)12-13-34(43)46)35(25)48-27-15-19-42(20-16-27)32(44)11-9-7-5-6-8-10-17-41-37(47)49-38(2,3)4/h14,18,21-23,27H,5-13,15-17,19-20,24H2,1-4H3,(H,41,47). The van der Waals surface area contributed by atoms with Crippen LogP contribution in [-0.2, 0) is 25.7 Å². The van der Waals surface area contributed by atoms with Gasteiger partial charge in [0.25, 0.3) is 0 Å². The minimum atomic E-state index is -0.485. The van der Waals surface area contributed by atoms with E-state index in [0.29, 0.717) is 31.1 Å². The summed E-state index contributed by atoms with van der Waals surface area (Å²) in [6.45, 7) is 9.74. The first-order valence-electron chi connectivity index (χ1n) is 17.8. The van der Waals surface area contributed by atoms with E-state index in [9.17, 15) is 19.2 Å². The van der Waals surface area contributed by atoms with Gasteiger partial charge in [-0.2, -0.15) is 0 Å². The zero-order valence-electron chi connectivity index (χ0n) is 29.6. The Labute approximate surface area is 303 Å². The molecular weight excluding hydrogens is 676 g/mol. The summed E-state index contributed by atoms with van der Waals surface area (Å²) in [5, 5.41) is 3.40. The molecule has 0 unspecified atom stereocenters. The summed E-state index contributed by atoms with van der Waals surface area (Å²) >= 11 is 8.10. The number of piperidine rings is 1. The van der Waals surface area contributed by atoms with Crippen LogP contribution in [0.4, 0.5) is 4.79 Å². The Bertz CT molecular complexity index is 1680. The molecule has 0 aliphatic carbocycles. The lowest BCUT2D eigenvalue weighted by Crippen LogP contribution is -2.41. The van der Waals surface area contributed by atoms with Crippen LogP contribution in [0.1, 0.15) is 102 Å². The van der Waals surface area contributed by atoms with Gasteiger partial charge >= 0.3 is 6.09 Å². The number of fused-ring (bicyclic) bond motifs is 1. The van der Waals surface area contributed by atoms with Crippen molar-refractivity contribution in [3.8, 4) is 16.9 Å². The fourth-order valence-electron chi connectivity index (χ4n) is 6.48. The predicted molar refractivity (Wildman–Crippen MR) is 196 cm³/mol. The SMILES string of the molecule is Cc1cc(Cl)cc(-c2ccnc3cc(CN4C(=O)CCC4=O)sc23)c1OC1CCN(C(=O)CCCCCCCCNC(=O)OC(C)(C)C)CC1. The van der Waals surface area contributed by atoms with Gasteiger partial charge in [-0.3, -0.25) is 24.3 Å². The first-order valence-corrected chi connectivity index (χ1v) is 19.0. The van der Waals surface area contributed by atoms with Crippen LogP contribution in [0.25, 0.3) is 21.3 Å². The maximum Gasteiger partial charge on any atom is 0.407 e. The molecule has 2 aromatic heterocycles. The van der Waals surface area contributed by atoms with E-state index in [2.05, 4.69) is 10.3 Å². The Morgan fingerprint density at radius 2 is 1.66 bits per heavy atom. The quantitative estimate of drug-likeness (QED) is 0.132. The van der Waals surface area contributed by atoms with Gasteiger partial charge in [0.15, 0.2) is 0 Å². The summed E-state index contributed by atoms with van der Waals surface area (Å²) in [6.07, 6.45) is 9.96. The molecule has 4 amide bonds. The fraction of sp³-hybridized carbons (Fsp3) is 0.553. The third-order valence-electron chi connectivity index (χ3n) is 9.03. The number of pyridine rings is 1. The Hall–Kier alpha value is -3.70. The fourth-order valence-corrected chi connectivity index (χ4v) is 7.88. The molecule has 0 radical (unpaired) electrons. The summed E-state index contributed by atoms with van der Waals surface area (Å²) in [7, 11) is 0. The topological polar surface area (TPSA) is 118 Å². The molecule has 0 spiro atoms. The van der Waals surface area contributed by atoms with Crippen molar-refractivity contribution in [3.05, 3.63) is 45.9 Å². The van der Waals surface area contributed by atoms with E-state index < -0.39 is 5.60 Å². The first-order chi connectivity index (χ1) is 23.9. The molecule has 2 saturated heterocycles. The van der Waals surface area contributed by atoms with Gasteiger partial charge < -0.3 is 19.7 Å². The van der Waals surface area contributed by atoms with Crippen LogP contribution in [0.15, 0.2) is 30.5 Å². The second kappa shape index (κ2) is 17.0. The van der Waals surface area contributed by atoms with E-state index in [1.807, 2.05) is 56.9 Å². The Morgan fingerprint density at radius 1 is 0.980 bits per heavy atom. The summed E-state index contributed by atoms with van der Waals surface area (Å²) < 4.78 is 12.9. The number of halogens is 1. The Morgan fingerprint density at radius 3 is 2.36 bits per heavy atom. The highest BCUT2D eigenvalue weighted by Gasteiger charge is 2.30. The van der Waals surface area contributed by atoms with Crippen molar-refractivity contribution in [2.45, 2.75) is 117 Å². The smallest absolute Gasteiger partial charge is 0.407 e. The van der Waals surface area contributed by atoms with Crippen molar-refractivity contribution in [1.29, 1.82) is 0 Å². The third-order valence-corrected chi connectivity index (χ3v) is 10.4. The van der Waals surface area contributed by atoms with Crippen molar-refractivity contribution < 1.29 is 28.7 Å². The molecule has 0 saturated carbocycles. The van der Waals surface area contributed by atoms with Crippen LogP contribution in [0.2, 0.25) is 5.02 Å². The number of aryl methyl sites for hydroxylation is 1. The number of amides is 4. The number of carbonyl (C=O) groups is 4. The number of hydrogen-bond donors (Lipinski definition) is 1. The summed E-state index contributed by atoms with van der Waals surface area (Å²) in [5.41, 5.74) is 3.06. The number of imide groups is 1. The van der Waals surface area contributed by atoms with Crippen LogP contribution in [0.3, 0.4) is 0 Å². The number of carbonyl (C=O) groups excluding carboxylic acids is 4. The monoisotopic (exact) mass is 724 g/mol. The number of aromatic nitrogens is 1. The van der Waals surface area contributed by atoms with Crippen molar-refractivity contribution in [2.24, 2.45) is 0 Å². The van der Waals surface area contributed by atoms with Gasteiger partial charge in [0.2, 0.25) is 17.7 Å². The third kappa shape index (κ3) is 10.2. The van der Waals surface area contributed by atoms with Gasteiger partial charge in [0, 0.05) is 79.0 Å². The van der Waals surface area contributed by atoms with E-state index in [1.165, 1.54) is 16.2 Å². The highest BCUT2D eigenvalue weighted by Crippen LogP contribution is 2.42. The normalized spacial score (nSPS) is 15.6. The largest absolute Gasteiger partial charge is 0.489 e. The number of nitrogens with zero attached hydrogens (tertiary/aromatic N) is 3. The van der Waals surface area contributed by atoms with Gasteiger partial charge in [0.05, 0.1) is 16.8 Å². The van der Waals surface area contributed by atoms with E-state index in [-0.39, 0.29) is 49.3 Å². The molecule has 0 bridgehead atoms. The second-order valence-electron chi connectivity index (χ2n) is 14.3. The number of unbranched alkanes of at least 4 members (excludes halogenated alkanes) is 5. The Balaban J connectivity index is 1.09. The molecule has 1 N–H and O–H groups in total. The van der Waals surface area contributed by atoms with E-state index >= 15 is 0 Å². The molecule has 2 aliphatic rings. The number of ether oxygens (including phenoxy) is 2.